The molecular formula is C28H28F3N9O2. The Balaban J connectivity index is 1.24. The van der Waals surface area contributed by atoms with Crippen LogP contribution in [0.1, 0.15) is 46.5 Å². The van der Waals surface area contributed by atoms with Crippen molar-refractivity contribution in [1.29, 1.82) is 0 Å². The van der Waals surface area contributed by atoms with Gasteiger partial charge in [0.15, 0.2) is 0 Å². The van der Waals surface area contributed by atoms with Crippen molar-refractivity contribution in [2.45, 2.75) is 38.0 Å². The van der Waals surface area contributed by atoms with Crippen LogP contribution in [0.25, 0.3) is 27.7 Å². The zero-order valence-electron chi connectivity index (χ0n) is 22.8. The van der Waals surface area contributed by atoms with E-state index in [1.54, 1.807) is 36.8 Å². The summed E-state index contributed by atoms with van der Waals surface area (Å²) in [6.45, 7) is 2.87. The molecule has 14 heteroatoms. The first-order valence-corrected chi connectivity index (χ1v) is 13.4. The summed E-state index contributed by atoms with van der Waals surface area (Å²) in [5, 5.41) is 14.1. The van der Waals surface area contributed by atoms with Gasteiger partial charge in [0.2, 0.25) is 0 Å². The third-order valence-corrected chi connectivity index (χ3v) is 7.63. The van der Waals surface area contributed by atoms with E-state index >= 15 is 0 Å². The number of nitrogens with one attached hydrogen (secondary N) is 3. The summed E-state index contributed by atoms with van der Waals surface area (Å²) in [6.07, 6.45) is 6.92. The molecule has 6 heterocycles. The lowest BCUT2D eigenvalue weighted by atomic mass is 10.0. The number of carbonyl (C=O) groups is 2. The second-order valence-electron chi connectivity index (χ2n) is 10.6. The Kier molecular flexibility index (Phi) is 6.93. The second-order valence-corrected chi connectivity index (χ2v) is 10.6. The highest BCUT2D eigenvalue weighted by molar-refractivity contribution is 6.07. The highest BCUT2D eigenvalue weighted by Crippen LogP contribution is 2.30. The van der Waals surface area contributed by atoms with E-state index in [-0.39, 0.29) is 11.5 Å². The number of carbonyl (C=O) groups excluding carboxylic acids is 2. The summed E-state index contributed by atoms with van der Waals surface area (Å²) in [4.78, 5) is 35.5. The van der Waals surface area contributed by atoms with Crippen LogP contribution in [-0.2, 0) is 0 Å². The van der Waals surface area contributed by atoms with Crippen LogP contribution in [0, 0.1) is 0 Å². The predicted molar refractivity (Wildman–Crippen MR) is 149 cm³/mol. The lowest BCUT2D eigenvalue weighted by Gasteiger charge is -2.28. The number of piperidine rings is 1. The van der Waals surface area contributed by atoms with Crippen LogP contribution in [0.4, 0.5) is 18.9 Å². The number of aromatic nitrogens is 6. The molecule has 0 aromatic carbocycles. The van der Waals surface area contributed by atoms with Gasteiger partial charge < -0.3 is 20.5 Å². The molecule has 0 saturated carbocycles. The van der Waals surface area contributed by atoms with Gasteiger partial charge in [-0.2, -0.15) is 23.4 Å². The third kappa shape index (κ3) is 5.32. The first kappa shape index (κ1) is 27.4. The minimum absolute atomic E-state index is 0.00627. The molecule has 2 amide bonds. The number of hydrogen-bond donors (Lipinski definition) is 3. The monoisotopic (exact) mass is 579 g/mol. The van der Waals surface area contributed by atoms with Crippen LogP contribution in [0.2, 0.25) is 0 Å². The van der Waals surface area contributed by atoms with Gasteiger partial charge >= 0.3 is 6.18 Å². The topological polar surface area (TPSA) is 125 Å². The zero-order chi connectivity index (χ0) is 29.6. The van der Waals surface area contributed by atoms with Crippen LogP contribution in [0.3, 0.4) is 0 Å². The van der Waals surface area contributed by atoms with Crippen molar-refractivity contribution in [1.82, 2.24) is 39.6 Å². The summed E-state index contributed by atoms with van der Waals surface area (Å²) in [6, 6.07) is 3.40. The summed E-state index contributed by atoms with van der Waals surface area (Å²) < 4.78 is 42.3. The minimum Gasteiger partial charge on any atom is -0.346 e. The quantitative estimate of drug-likeness (QED) is 0.276. The fourth-order valence-corrected chi connectivity index (χ4v) is 5.11. The average molecular weight is 580 g/mol. The fraction of sp³-hybridized carbons (Fsp3) is 0.321. The molecule has 0 unspecified atom stereocenters. The maximum atomic E-state index is 13.1. The third-order valence-electron chi connectivity index (χ3n) is 7.63. The van der Waals surface area contributed by atoms with E-state index in [9.17, 15) is 22.8 Å². The molecule has 0 spiro atoms. The molecule has 42 heavy (non-hydrogen) atoms. The number of rotatable bonds is 6. The SMILES string of the molecule is C[C@@H](NC(=O)c1cnn2ccc(-c3c[nH]c4ncc(C(=O)Nc5cnn(C6CCN(C)CC6)c5)cc34)cc12)C(F)(F)F. The number of anilines is 1. The Morgan fingerprint density at radius 2 is 1.88 bits per heavy atom. The molecule has 1 aliphatic heterocycles. The molecular weight excluding hydrogens is 551 g/mol. The van der Waals surface area contributed by atoms with Gasteiger partial charge in [-0.3, -0.25) is 14.3 Å². The molecule has 6 rings (SSSR count). The number of aromatic amines is 1. The lowest BCUT2D eigenvalue weighted by Crippen LogP contribution is -2.43. The van der Waals surface area contributed by atoms with Crippen molar-refractivity contribution in [3.05, 3.63) is 66.5 Å². The number of alkyl halides is 3. The number of nitrogens with zero attached hydrogens (tertiary/aromatic N) is 6. The van der Waals surface area contributed by atoms with Crippen molar-refractivity contribution < 1.29 is 22.8 Å². The van der Waals surface area contributed by atoms with Gasteiger partial charge in [-0.15, -0.1) is 0 Å². The van der Waals surface area contributed by atoms with E-state index in [2.05, 4.69) is 37.4 Å². The van der Waals surface area contributed by atoms with E-state index in [0.717, 1.165) is 32.9 Å². The van der Waals surface area contributed by atoms with E-state index in [1.807, 2.05) is 16.2 Å². The zero-order valence-corrected chi connectivity index (χ0v) is 22.8. The van der Waals surface area contributed by atoms with E-state index in [1.165, 1.54) is 16.9 Å². The number of fused-ring (bicyclic) bond motifs is 2. The van der Waals surface area contributed by atoms with Crippen LogP contribution < -0.4 is 10.6 Å². The molecule has 5 aromatic heterocycles. The van der Waals surface area contributed by atoms with Crippen molar-refractivity contribution in [2.75, 3.05) is 25.5 Å². The summed E-state index contributed by atoms with van der Waals surface area (Å²) in [5.41, 5.74) is 3.16. The van der Waals surface area contributed by atoms with Crippen molar-refractivity contribution in [2.24, 2.45) is 0 Å². The molecule has 1 saturated heterocycles. The van der Waals surface area contributed by atoms with Gasteiger partial charge in [0.1, 0.15) is 11.7 Å². The Hall–Kier alpha value is -4.72. The molecule has 3 N–H and O–H groups in total. The highest BCUT2D eigenvalue weighted by atomic mass is 19.4. The number of hydrogen-bond acceptors (Lipinski definition) is 6. The first-order valence-electron chi connectivity index (χ1n) is 13.4. The predicted octanol–water partition coefficient (Wildman–Crippen LogP) is 4.27. The number of halogens is 3. The van der Waals surface area contributed by atoms with E-state index < -0.39 is 18.1 Å². The lowest BCUT2D eigenvalue weighted by molar-refractivity contribution is -0.149. The normalized spacial score (nSPS) is 15.7. The van der Waals surface area contributed by atoms with Gasteiger partial charge in [-0.1, -0.05) is 0 Å². The summed E-state index contributed by atoms with van der Waals surface area (Å²) in [7, 11) is 2.10. The number of pyridine rings is 2. The van der Waals surface area contributed by atoms with Crippen molar-refractivity contribution in [3.63, 3.8) is 0 Å². The van der Waals surface area contributed by atoms with Gasteiger partial charge in [-0.25, -0.2) is 9.50 Å². The van der Waals surface area contributed by atoms with Gasteiger partial charge in [0, 0.05) is 35.7 Å². The average Bonchev–Trinajstić information content (AvgIpc) is 3.70. The molecule has 218 valence electrons. The van der Waals surface area contributed by atoms with Gasteiger partial charge in [-0.05, 0) is 63.7 Å². The van der Waals surface area contributed by atoms with Crippen LogP contribution in [0.15, 0.2) is 55.4 Å². The number of likely N-dealkylation sites (tertiary alicyclic amines) is 1. The Morgan fingerprint density at radius 3 is 2.64 bits per heavy atom. The fourth-order valence-electron chi connectivity index (χ4n) is 5.11. The second kappa shape index (κ2) is 10.6. The van der Waals surface area contributed by atoms with E-state index in [0.29, 0.717) is 45.0 Å². The largest absolute Gasteiger partial charge is 0.408 e. The number of H-pyrrole nitrogens is 1. The van der Waals surface area contributed by atoms with Crippen LogP contribution >= 0.6 is 0 Å². The van der Waals surface area contributed by atoms with Gasteiger partial charge in [0.05, 0.1) is 40.8 Å². The maximum absolute atomic E-state index is 13.1. The molecule has 0 aliphatic carbocycles. The number of amides is 2. The molecule has 1 fully saturated rings. The maximum Gasteiger partial charge on any atom is 0.408 e. The Bertz CT molecular complexity index is 1780. The minimum atomic E-state index is -4.57. The first-order chi connectivity index (χ1) is 20.1. The standard InChI is InChI=1S/C28H28F3N9O2/c1-16(28(29,30)31)36-27(42)23-14-35-39-8-3-17(10-24(23)39)22-13-33-25-21(22)9-18(11-32-25)26(41)37-19-12-34-40(15-19)20-4-6-38(2)7-5-20/h3,8-16,20H,4-7H2,1-2H3,(H,32,33)(H,36,42)(H,37,41)/t16-/m1/s1. The van der Waals surface area contributed by atoms with Gasteiger partial charge in [0.25, 0.3) is 11.8 Å². The van der Waals surface area contributed by atoms with Crippen LogP contribution in [0.5, 0.6) is 0 Å². The highest BCUT2D eigenvalue weighted by Gasteiger charge is 2.37. The summed E-state index contributed by atoms with van der Waals surface area (Å²) >= 11 is 0. The molecule has 1 aliphatic rings. The molecule has 0 bridgehead atoms. The Labute approximate surface area is 237 Å². The Morgan fingerprint density at radius 1 is 1.10 bits per heavy atom. The van der Waals surface area contributed by atoms with Crippen molar-refractivity contribution in [3.8, 4) is 11.1 Å². The smallest absolute Gasteiger partial charge is 0.346 e. The molecule has 1 atom stereocenters. The molecule has 5 aromatic rings. The summed E-state index contributed by atoms with van der Waals surface area (Å²) in [5.74, 6) is -1.23. The van der Waals surface area contributed by atoms with Crippen molar-refractivity contribution >= 4 is 34.1 Å². The molecule has 0 radical (unpaired) electrons. The van der Waals surface area contributed by atoms with E-state index in [4.69, 9.17) is 0 Å². The van der Waals surface area contributed by atoms with Crippen LogP contribution in [-0.4, -0.2) is 78.4 Å². The molecule has 11 nitrogen and oxygen atoms in total.